The topological polar surface area (TPSA) is 35.9 Å². The number of piperazine rings is 1. The summed E-state index contributed by atoms with van der Waals surface area (Å²) in [4.78, 5) is 4.35. The van der Waals surface area contributed by atoms with E-state index < -0.39 is 6.10 Å². The molecule has 28 heavy (non-hydrogen) atoms. The summed E-state index contributed by atoms with van der Waals surface area (Å²) >= 11 is 0. The number of aliphatic hydroxyl groups excluding tert-OH is 1. The SMILES string of the molecule is CC1(C)[C@@H]2CC[C@@](C)(C2)[C@@H]1OC[C@@H](O)CN1CCN(c2ccccc2F)CC1. The largest absolute Gasteiger partial charge is 0.389 e. The molecule has 0 spiro atoms. The molecule has 1 aliphatic heterocycles. The van der Waals surface area contributed by atoms with Crippen LogP contribution in [0.1, 0.15) is 40.0 Å². The maximum absolute atomic E-state index is 14.0. The minimum atomic E-state index is -0.474. The summed E-state index contributed by atoms with van der Waals surface area (Å²) in [5, 5.41) is 10.6. The molecule has 2 aliphatic carbocycles. The van der Waals surface area contributed by atoms with Gasteiger partial charge in [-0.25, -0.2) is 4.39 Å². The first-order chi connectivity index (χ1) is 13.3. The van der Waals surface area contributed by atoms with E-state index in [1.807, 2.05) is 12.1 Å². The molecule has 1 N–H and O–H groups in total. The van der Waals surface area contributed by atoms with Gasteiger partial charge in [0.25, 0.3) is 0 Å². The molecule has 0 amide bonds. The molecule has 1 aromatic carbocycles. The first-order valence-corrected chi connectivity index (χ1v) is 10.8. The average molecular weight is 391 g/mol. The van der Waals surface area contributed by atoms with Crippen LogP contribution >= 0.6 is 0 Å². The monoisotopic (exact) mass is 390 g/mol. The summed E-state index contributed by atoms with van der Waals surface area (Å²) in [5.74, 6) is 0.595. The number of aliphatic hydroxyl groups is 1. The Balaban J connectivity index is 1.24. The Hall–Kier alpha value is -1.17. The van der Waals surface area contributed by atoms with E-state index >= 15 is 0 Å². The van der Waals surface area contributed by atoms with Gasteiger partial charge in [-0.1, -0.05) is 32.9 Å². The number of anilines is 1. The van der Waals surface area contributed by atoms with Crippen LogP contribution in [0.4, 0.5) is 10.1 Å². The highest BCUT2D eigenvalue weighted by Crippen LogP contribution is 2.63. The number of para-hydroxylation sites is 1. The van der Waals surface area contributed by atoms with Gasteiger partial charge in [0.05, 0.1) is 24.5 Å². The van der Waals surface area contributed by atoms with Crippen molar-refractivity contribution in [3.63, 3.8) is 0 Å². The number of benzene rings is 1. The maximum atomic E-state index is 14.0. The van der Waals surface area contributed by atoms with E-state index in [0.717, 1.165) is 32.1 Å². The Morgan fingerprint density at radius 2 is 1.89 bits per heavy atom. The van der Waals surface area contributed by atoms with E-state index in [1.54, 1.807) is 6.07 Å². The quantitative estimate of drug-likeness (QED) is 0.806. The fourth-order valence-electron chi connectivity index (χ4n) is 6.11. The summed E-state index contributed by atoms with van der Waals surface area (Å²) in [6, 6.07) is 6.96. The Morgan fingerprint density at radius 1 is 1.18 bits per heavy atom. The van der Waals surface area contributed by atoms with Crippen molar-refractivity contribution in [2.24, 2.45) is 16.7 Å². The first-order valence-electron chi connectivity index (χ1n) is 10.8. The van der Waals surface area contributed by atoms with Gasteiger partial charge in [-0.05, 0) is 48.1 Å². The van der Waals surface area contributed by atoms with E-state index in [0.29, 0.717) is 18.8 Å². The number of β-amino-alcohol motifs (C(OH)–C–C–N with tert-alkyl or cyclic N) is 1. The smallest absolute Gasteiger partial charge is 0.146 e. The molecule has 2 saturated carbocycles. The molecule has 3 aliphatic rings. The summed E-state index contributed by atoms with van der Waals surface area (Å²) in [5.41, 5.74) is 1.16. The molecule has 2 bridgehead atoms. The normalized spacial score (nSPS) is 33.4. The van der Waals surface area contributed by atoms with Crippen molar-refractivity contribution >= 4 is 5.69 Å². The molecule has 1 heterocycles. The summed E-state index contributed by atoms with van der Waals surface area (Å²) in [7, 11) is 0. The van der Waals surface area contributed by atoms with Crippen molar-refractivity contribution in [1.29, 1.82) is 0 Å². The predicted molar refractivity (Wildman–Crippen MR) is 110 cm³/mol. The fourth-order valence-corrected chi connectivity index (χ4v) is 6.11. The van der Waals surface area contributed by atoms with Gasteiger partial charge in [-0.2, -0.15) is 0 Å². The van der Waals surface area contributed by atoms with Crippen molar-refractivity contribution in [1.82, 2.24) is 4.90 Å². The van der Waals surface area contributed by atoms with Gasteiger partial charge in [0, 0.05) is 32.7 Å². The minimum absolute atomic E-state index is 0.161. The number of nitrogens with zero attached hydrogens (tertiary/aromatic N) is 2. The molecule has 3 fully saturated rings. The zero-order valence-corrected chi connectivity index (χ0v) is 17.5. The molecule has 5 heteroatoms. The number of rotatable bonds is 6. The van der Waals surface area contributed by atoms with Crippen LogP contribution in [-0.2, 0) is 4.74 Å². The second-order valence-corrected chi connectivity index (χ2v) is 10.0. The average Bonchev–Trinajstić information content (AvgIpc) is 3.14. The van der Waals surface area contributed by atoms with E-state index in [9.17, 15) is 9.50 Å². The molecule has 156 valence electrons. The molecule has 1 saturated heterocycles. The molecule has 4 nitrogen and oxygen atoms in total. The van der Waals surface area contributed by atoms with Crippen LogP contribution in [0, 0.1) is 22.6 Å². The number of hydrogen-bond acceptors (Lipinski definition) is 4. The van der Waals surface area contributed by atoms with Crippen molar-refractivity contribution in [2.45, 2.75) is 52.2 Å². The van der Waals surface area contributed by atoms with E-state index in [-0.39, 0.29) is 22.8 Å². The lowest BCUT2D eigenvalue weighted by Gasteiger charge is -2.43. The van der Waals surface area contributed by atoms with Crippen LogP contribution < -0.4 is 4.90 Å². The maximum Gasteiger partial charge on any atom is 0.146 e. The number of fused-ring (bicyclic) bond motifs is 2. The third-order valence-corrected chi connectivity index (χ3v) is 7.63. The molecule has 0 radical (unpaired) electrons. The number of halogens is 1. The number of hydrogen-bond donors (Lipinski definition) is 1. The lowest BCUT2D eigenvalue weighted by Crippen LogP contribution is -2.50. The lowest BCUT2D eigenvalue weighted by molar-refractivity contribution is -0.113. The Kier molecular flexibility index (Phi) is 5.45. The van der Waals surface area contributed by atoms with Gasteiger partial charge in [-0.3, -0.25) is 4.90 Å². The van der Waals surface area contributed by atoms with Gasteiger partial charge in [0.1, 0.15) is 5.82 Å². The zero-order valence-electron chi connectivity index (χ0n) is 17.5. The van der Waals surface area contributed by atoms with Gasteiger partial charge < -0.3 is 14.7 Å². The van der Waals surface area contributed by atoms with Crippen molar-refractivity contribution < 1.29 is 14.2 Å². The molecule has 4 atom stereocenters. The van der Waals surface area contributed by atoms with Crippen molar-refractivity contribution in [3.05, 3.63) is 30.1 Å². The highest BCUT2D eigenvalue weighted by Gasteiger charge is 2.60. The standard InChI is InChI=1S/C23H35FN2O2/c1-22(2)17-8-9-23(3,14-17)21(22)28-16-18(27)15-25-10-12-26(13-11-25)20-7-5-4-6-19(20)24/h4-7,17-18,21,27H,8-16H2,1-3H3/t17-,18+,21-,23+/m1/s1. The zero-order chi connectivity index (χ0) is 19.9. The summed E-state index contributed by atoms with van der Waals surface area (Å²) < 4.78 is 20.3. The Labute approximate surface area is 168 Å². The molecule has 0 aromatic heterocycles. The summed E-state index contributed by atoms with van der Waals surface area (Å²) in [6.45, 7) is 11.3. The molecule has 0 unspecified atom stereocenters. The molecule has 1 aromatic rings. The second kappa shape index (κ2) is 7.58. The van der Waals surface area contributed by atoms with Crippen LogP contribution in [0.25, 0.3) is 0 Å². The second-order valence-electron chi connectivity index (χ2n) is 10.0. The highest BCUT2D eigenvalue weighted by atomic mass is 19.1. The molecule has 4 rings (SSSR count). The van der Waals surface area contributed by atoms with Crippen molar-refractivity contribution in [3.8, 4) is 0 Å². The Bertz CT molecular complexity index is 684. The van der Waals surface area contributed by atoms with Gasteiger partial charge in [0.15, 0.2) is 0 Å². The third-order valence-electron chi connectivity index (χ3n) is 7.63. The molecular weight excluding hydrogens is 355 g/mol. The predicted octanol–water partition coefficient (Wildman–Crippen LogP) is 3.54. The highest BCUT2D eigenvalue weighted by molar-refractivity contribution is 5.47. The van der Waals surface area contributed by atoms with Crippen LogP contribution in [-0.4, -0.2) is 61.5 Å². The van der Waals surface area contributed by atoms with Gasteiger partial charge in [0.2, 0.25) is 0 Å². The van der Waals surface area contributed by atoms with Crippen LogP contribution in [0.15, 0.2) is 24.3 Å². The Morgan fingerprint density at radius 3 is 2.54 bits per heavy atom. The van der Waals surface area contributed by atoms with Gasteiger partial charge in [-0.15, -0.1) is 0 Å². The third kappa shape index (κ3) is 3.69. The summed E-state index contributed by atoms with van der Waals surface area (Å²) in [6.07, 6.45) is 3.60. The van der Waals surface area contributed by atoms with Gasteiger partial charge >= 0.3 is 0 Å². The van der Waals surface area contributed by atoms with E-state index in [2.05, 4.69) is 30.6 Å². The lowest BCUT2D eigenvalue weighted by atomic mass is 9.70. The van der Waals surface area contributed by atoms with E-state index in [4.69, 9.17) is 4.74 Å². The minimum Gasteiger partial charge on any atom is -0.389 e. The van der Waals surface area contributed by atoms with Crippen LogP contribution in [0.3, 0.4) is 0 Å². The van der Waals surface area contributed by atoms with Crippen LogP contribution in [0.5, 0.6) is 0 Å². The first kappa shape index (κ1) is 20.1. The number of ether oxygens (including phenoxy) is 1. The fraction of sp³-hybridized carbons (Fsp3) is 0.739. The van der Waals surface area contributed by atoms with E-state index in [1.165, 1.54) is 25.3 Å². The molecular formula is C23H35FN2O2. The van der Waals surface area contributed by atoms with Crippen molar-refractivity contribution in [2.75, 3.05) is 44.2 Å². The van der Waals surface area contributed by atoms with Crippen LogP contribution in [0.2, 0.25) is 0 Å².